The highest BCUT2D eigenvalue weighted by Crippen LogP contribution is 2.17. The summed E-state index contributed by atoms with van der Waals surface area (Å²) in [7, 11) is -2.82. The first-order valence-corrected chi connectivity index (χ1v) is 8.25. The van der Waals surface area contributed by atoms with Gasteiger partial charge < -0.3 is 4.74 Å². The summed E-state index contributed by atoms with van der Waals surface area (Å²) in [4.78, 5) is 21.5. The molecule has 0 aliphatic heterocycles. The third-order valence-corrected chi connectivity index (χ3v) is 4.53. The Kier molecular flexibility index (Phi) is 6.86. The molecule has 0 radical (unpaired) electrons. The number of benzene rings is 1. The lowest BCUT2D eigenvalue weighted by Crippen LogP contribution is -2.41. The quantitative estimate of drug-likeness (QED) is 0.240. The van der Waals surface area contributed by atoms with E-state index in [1.807, 2.05) is 0 Å². The summed E-state index contributed by atoms with van der Waals surface area (Å²) in [5.74, 6) is -0.695. The molecule has 0 aliphatic rings. The molecular weight excluding hydrogens is 324 g/mol. The molecule has 0 saturated heterocycles. The Morgan fingerprint density at radius 2 is 2.04 bits per heavy atom. The average Bonchev–Trinajstić information content (AvgIpc) is 2.53. The summed E-state index contributed by atoms with van der Waals surface area (Å²) in [6.07, 6.45) is 3.11. The monoisotopic (exact) mass is 342 g/mol. The molecule has 0 amide bonds. The van der Waals surface area contributed by atoms with Crippen LogP contribution in [0.25, 0.3) is 0 Å². The second kappa shape index (κ2) is 8.39. The van der Waals surface area contributed by atoms with Crippen molar-refractivity contribution in [2.45, 2.75) is 30.2 Å². The molecule has 0 bridgehead atoms. The molecule has 8 nitrogen and oxygen atoms in total. The zero-order valence-electron chi connectivity index (χ0n) is 12.6. The summed E-state index contributed by atoms with van der Waals surface area (Å²) in [6, 6.07) is 3.36. The molecule has 0 spiro atoms. The van der Waals surface area contributed by atoms with Gasteiger partial charge in [0.2, 0.25) is 10.0 Å². The first kappa shape index (κ1) is 18.8. The van der Waals surface area contributed by atoms with Crippen molar-refractivity contribution in [3.8, 4) is 0 Å². The largest absolute Gasteiger partial charge is 0.468 e. The maximum atomic E-state index is 12.3. The summed E-state index contributed by atoms with van der Waals surface area (Å²) < 4.78 is 31.4. The maximum absolute atomic E-state index is 12.3. The molecule has 0 heterocycles. The van der Waals surface area contributed by atoms with E-state index in [1.165, 1.54) is 7.11 Å². The number of unbranched alkanes of at least 4 members (excludes halogenated alkanes) is 1. The Morgan fingerprint density at radius 1 is 1.43 bits per heavy atom. The summed E-state index contributed by atoms with van der Waals surface area (Å²) in [6.45, 7) is 3.56. The topological polar surface area (TPSA) is 116 Å². The van der Waals surface area contributed by atoms with Crippen molar-refractivity contribution in [1.82, 2.24) is 4.72 Å². The lowest BCUT2D eigenvalue weighted by Gasteiger charge is -2.16. The number of ether oxygens (including phenoxy) is 1. The number of hydrogen-bond acceptors (Lipinski definition) is 6. The molecule has 0 fully saturated rings. The first-order chi connectivity index (χ1) is 10.8. The lowest BCUT2D eigenvalue weighted by molar-refractivity contribution is -0.384. The highest BCUT2D eigenvalue weighted by atomic mass is 32.2. The van der Waals surface area contributed by atoms with Gasteiger partial charge in [0.1, 0.15) is 6.04 Å². The molecule has 0 aromatic heterocycles. The SMILES string of the molecule is C=CCCCC(NS(=O)(=O)c1ccc([N+](=O)[O-])cc1)C(=O)OC. The molecule has 1 aromatic carbocycles. The van der Waals surface area contributed by atoms with Gasteiger partial charge in [0, 0.05) is 12.1 Å². The summed E-state index contributed by atoms with van der Waals surface area (Å²) >= 11 is 0. The Bertz CT molecular complexity index is 669. The van der Waals surface area contributed by atoms with E-state index in [-0.39, 0.29) is 17.0 Å². The molecule has 23 heavy (non-hydrogen) atoms. The van der Waals surface area contributed by atoms with E-state index >= 15 is 0 Å². The van der Waals surface area contributed by atoms with Gasteiger partial charge in [-0.3, -0.25) is 14.9 Å². The number of nitrogens with zero attached hydrogens (tertiary/aromatic N) is 1. The van der Waals surface area contributed by atoms with Gasteiger partial charge in [-0.2, -0.15) is 4.72 Å². The number of carbonyl (C=O) groups is 1. The van der Waals surface area contributed by atoms with E-state index in [1.54, 1.807) is 6.08 Å². The van der Waals surface area contributed by atoms with Crippen molar-refractivity contribution in [3.63, 3.8) is 0 Å². The molecule has 9 heteroatoms. The lowest BCUT2D eigenvalue weighted by atomic mass is 10.1. The van der Waals surface area contributed by atoms with Crippen molar-refractivity contribution in [2.24, 2.45) is 0 Å². The normalized spacial score (nSPS) is 12.4. The van der Waals surface area contributed by atoms with Crippen LogP contribution in [0.4, 0.5) is 5.69 Å². The fraction of sp³-hybridized carbons (Fsp3) is 0.357. The number of non-ortho nitro benzene ring substituents is 1. The van der Waals surface area contributed by atoms with Gasteiger partial charge in [0.25, 0.3) is 5.69 Å². The van der Waals surface area contributed by atoms with E-state index in [9.17, 15) is 23.3 Å². The number of allylic oxidation sites excluding steroid dienone is 1. The van der Waals surface area contributed by atoms with Gasteiger partial charge in [-0.05, 0) is 31.4 Å². The second-order valence-corrected chi connectivity index (χ2v) is 6.38. The minimum atomic E-state index is -3.99. The van der Waals surface area contributed by atoms with Crippen LogP contribution in [0.2, 0.25) is 0 Å². The number of rotatable bonds is 9. The molecule has 1 aromatic rings. The maximum Gasteiger partial charge on any atom is 0.323 e. The van der Waals surface area contributed by atoms with Gasteiger partial charge in [-0.25, -0.2) is 8.42 Å². The van der Waals surface area contributed by atoms with Crippen LogP contribution in [0.3, 0.4) is 0 Å². The number of carbonyl (C=O) groups excluding carboxylic acids is 1. The van der Waals surface area contributed by atoms with Crippen molar-refractivity contribution in [2.75, 3.05) is 7.11 Å². The fourth-order valence-electron chi connectivity index (χ4n) is 1.84. The standard InChI is InChI=1S/C14H18N2O6S/c1-3-4-5-6-13(14(17)22-2)15-23(20,21)12-9-7-11(8-10-12)16(18)19/h3,7-10,13,15H,1,4-6H2,2H3. The van der Waals surface area contributed by atoms with Crippen LogP contribution >= 0.6 is 0 Å². The Labute approximate surface area is 134 Å². The zero-order valence-corrected chi connectivity index (χ0v) is 13.4. The number of methoxy groups -OCH3 is 1. The van der Waals surface area contributed by atoms with Crippen LogP contribution in [0.15, 0.2) is 41.8 Å². The van der Waals surface area contributed by atoms with E-state index in [2.05, 4.69) is 16.0 Å². The van der Waals surface area contributed by atoms with E-state index in [0.29, 0.717) is 12.8 Å². The van der Waals surface area contributed by atoms with E-state index < -0.39 is 27.0 Å². The number of nitrogens with one attached hydrogen (secondary N) is 1. The first-order valence-electron chi connectivity index (χ1n) is 6.77. The van der Waals surface area contributed by atoms with E-state index in [0.717, 1.165) is 24.3 Å². The number of hydrogen-bond donors (Lipinski definition) is 1. The van der Waals surface area contributed by atoms with E-state index in [4.69, 9.17) is 0 Å². The molecule has 1 unspecified atom stereocenters. The Balaban J connectivity index is 2.93. The van der Waals surface area contributed by atoms with Crippen LogP contribution in [0.1, 0.15) is 19.3 Å². The van der Waals surface area contributed by atoms with Crippen LogP contribution in [-0.2, 0) is 19.6 Å². The van der Waals surface area contributed by atoms with Gasteiger partial charge in [-0.15, -0.1) is 6.58 Å². The third-order valence-electron chi connectivity index (χ3n) is 3.04. The number of nitro groups is 1. The van der Waals surface area contributed by atoms with Gasteiger partial charge in [0.15, 0.2) is 0 Å². The fourth-order valence-corrected chi connectivity index (χ4v) is 3.05. The Hall–Kier alpha value is -2.26. The second-order valence-electron chi connectivity index (χ2n) is 4.67. The molecular formula is C14H18N2O6S. The predicted molar refractivity (Wildman–Crippen MR) is 83.3 cm³/mol. The molecule has 126 valence electrons. The van der Waals surface area contributed by atoms with Crippen LogP contribution in [0, 0.1) is 10.1 Å². The zero-order chi connectivity index (χ0) is 17.5. The van der Waals surface area contributed by atoms with Gasteiger partial charge in [-0.1, -0.05) is 6.08 Å². The average molecular weight is 342 g/mol. The van der Waals surface area contributed by atoms with Crippen molar-refractivity contribution < 1.29 is 22.9 Å². The predicted octanol–water partition coefficient (Wildman–Crippen LogP) is 1.77. The molecule has 0 aliphatic carbocycles. The van der Waals surface area contributed by atoms with Gasteiger partial charge in [0.05, 0.1) is 16.9 Å². The molecule has 0 saturated carbocycles. The summed E-state index contributed by atoms with van der Waals surface area (Å²) in [5, 5.41) is 10.6. The van der Waals surface area contributed by atoms with Crippen LogP contribution in [-0.4, -0.2) is 32.5 Å². The van der Waals surface area contributed by atoms with Crippen molar-refractivity contribution in [1.29, 1.82) is 0 Å². The minimum absolute atomic E-state index is 0.166. The molecule has 1 N–H and O–H groups in total. The summed E-state index contributed by atoms with van der Waals surface area (Å²) in [5.41, 5.74) is -0.223. The number of sulfonamides is 1. The van der Waals surface area contributed by atoms with Crippen molar-refractivity contribution in [3.05, 3.63) is 47.0 Å². The highest BCUT2D eigenvalue weighted by Gasteiger charge is 2.26. The highest BCUT2D eigenvalue weighted by molar-refractivity contribution is 7.89. The van der Waals surface area contributed by atoms with Crippen LogP contribution < -0.4 is 4.72 Å². The van der Waals surface area contributed by atoms with Gasteiger partial charge >= 0.3 is 5.97 Å². The smallest absolute Gasteiger partial charge is 0.323 e. The Morgan fingerprint density at radius 3 is 2.52 bits per heavy atom. The van der Waals surface area contributed by atoms with Crippen molar-refractivity contribution >= 4 is 21.7 Å². The van der Waals surface area contributed by atoms with Crippen LogP contribution in [0.5, 0.6) is 0 Å². The number of nitro benzene ring substituents is 1. The molecule has 1 rings (SSSR count). The third kappa shape index (κ3) is 5.46. The minimum Gasteiger partial charge on any atom is -0.468 e. The molecule has 1 atom stereocenters. The number of esters is 1.